The van der Waals surface area contributed by atoms with E-state index in [4.69, 9.17) is 9.47 Å². The van der Waals surface area contributed by atoms with Crippen molar-refractivity contribution in [1.29, 1.82) is 0 Å². The molecule has 4 rings (SSSR count). The smallest absolute Gasteiger partial charge is 0.260 e. The first-order valence-corrected chi connectivity index (χ1v) is 11.7. The maximum absolute atomic E-state index is 13.6. The number of carbonyl (C=O) groups is 2. The van der Waals surface area contributed by atoms with E-state index in [1.165, 1.54) is 0 Å². The molecule has 178 valence electrons. The molecule has 7 nitrogen and oxygen atoms in total. The third-order valence-electron chi connectivity index (χ3n) is 6.07. The number of rotatable bonds is 9. The molecule has 0 saturated heterocycles. The van der Waals surface area contributed by atoms with Gasteiger partial charge in [-0.05, 0) is 36.8 Å². The van der Waals surface area contributed by atoms with Crippen LogP contribution in [-0.2, 0) is 16.1 Å². The predicted molar refractivity (Wildman–Crippen MR) is 130 cm³/mol. The van der Waals surface area contributed by atoms with Gasteiger partial charge >= 0.3 is 0 Å². The van der Waals surface area contributed by atoms with Crippen molar-refractivity contribution >= 4 is 11.8 Å². The number of ether oxygens (including phenoxy) is 2. The first kappa shape index (κ1) is 23.4. The highest BCUT2D eigenvalue weighted by atomic mass is 16.5. The van der Waals surface area contributed by atoms with Crippen molar-refractivity contribution in [2.24, 2.45) is 0 Å². The number of para-hydroxylation sites is 2. The minimum Gasteiger partial charge on any atom is -0.496 e. The number of amides is 2. The molecule has 2 heterocycles. The lowest BCUT2D eigenvalue weighted by molar-refractivity contribution is -0.143. The first-order valence-electron chi connectivity index (χ1n) is 11.7. The normalized spacial score (nSPS) is 14.9. The zero-order valence-corrected chi connectivity index (χ0v) is 19.7. The molecule has 0 bridgehead atoms. The number of benzene rings is 2. The van der Waals surface area contributed by atoms with E-state index >= 15 is 0 Å². The average molecular weight is 462 g/mol. The average Bonchev–Trinajstić information content (AvgIpc) is 3.36. The van der Waals surface area contributed by atoms with Crippen molar-refractivity contribution in [3.63, 3.8) is 0 Å². The molecular formula is C27H31N3O4. The molecule has 1 aliphatic heterocycles. The second-order valence-electron chi connectivity index (χ2n) is 8.28. The Balaban J connectivity index is 1.54. The second-order valence-corrected chi connectivity index (χ2v) is 8.28. The van der Waals surface area contributed by atoms with E-state index in [0.29, 0.717) is 25.4 Å². The van der Waals surface area contributed by atoms with Crippen molar-refractivity contribution in [2.45, 2.75) is 25.9 Å². The molecule has 0 aliphatic carbocycles. The highest BCUT2D eigenvalue weighted by Crippen LogP contribution is 2.37. The van der Waals surface area contributed by atoms with Crippen LogP contribution in [0.25, 0.3) is 0 Å². The van der Waals surface area contributed by atoms with E-state index in [0.717, 1.165) is 23.4 Å². The maximum atomic E-state index is 13.6. The Bertz CT molecular complexity index is 1110. The molecule has 1 aliphatic rings. The topological polar surface area (TPSA) is 64.0 Å². The number of hydrogen-bond donors (Lipinski definition) is 0. The molecule has 0 spiro atoms. The van der Waals surface area contributed by atoms with Gasteiger partial charge in [-0.15, -0.1) is 0 Å². The van der Waals surface area contributed by atoms with E-state index in [-0.39, 0.29) is 31.0 Å². The molecule has 0 radical (unpaired) electrons. The Morgan fingerprint density at radius 2 is 1.76 bits per heavy atom. The Morgan fingerprint density at radius 1 is 1.00 bits per heavy atom. The van der Waals surface area contributed by atoms with Gasteiger partial charge in [-0.25, -0.2) is 0 Å². The van der Waals surface area contributed by atoms with Crippen LogP contribution in [0.15, 0.2) is 72.9 Å². The van der Waals surface area contributed by atoms with Crippen molar-refractivity contribution in [3.8, 4) is 11.5 Å². The number of hydrogen-bond acceptors (Lipinski definition) is 4. The number of carbonyl (C=O) groups excluding carboxylic acids is 2. The van der Waals surface area contributed by atoms with Gasteiger partial charge in [-0.3, -0.25) is 9.59 Å². The van der Waals surface area contributed by atoms with Crippen molar-refractivity contribution in [2.75, 3.05) is 33.4 Å². The number of methoxy groups -OCH3 is 1. The SMILES string of the molecule is CCCN(CC(=O)N1CCn2cccc2C1c1ccccc1OC)C(=O)COc1ccccc1. The minimum atomic E-state index is -0.286. The van der Waals surface area contributed by atoms with Gasteiger partial charge in [0.1, 0.15) is 17.5 Å². The fourth-order valence-corrected chi connectivity index (χ4v) is 4.44. The van der Waals surface area contributed by atoms with Crippen LogP contribution in [0.2, 0.25) is 0 Å². The summed E-state index contributed by atoms with van der Waals surface area (Å²) in [5.41, 5.74) is 1.96. The molecule has 1 unspecified atom stereocenters. The third kappa shape index (κ3) is 5.09. The largest absolute Gasteiger partial charge is 0.496 e. The molecule has 34 heavy (non-hydrogen) atoms. The Morgan fingerprint density at radius 3 is 2.53 bits per heavy atom. The number of nitrogens with zero attached hydrogens (tertiary/aromatic N) is 3. The first-order chi connectivity index (χ1) is 16.6. The van der Waals surface area contributed by atoms with Gasteiger partial charge in [-0.2, -0.15) is 0 Å². The summed E-state index contributed by atoms with van der Waals surface area (Å²) in [6.45, 7) is 3.66. The molecule has 1 aromatic heterocycles. The summed E-state index contributed by atoms with van der Waals surface area (Å²) in [5.74, 6) is 1.07. The summed E-state index contributed by atoms with van der Waals surface area (Å²) >= 11 is 0. The quantitative estimate of drug-likeness (QED) is 0.487. The lowest BCUT2D eigenvalue weighted by atomic mass is 9.98. The third-order valence-corrected chi connectivity index (χ3v) is 6.07. The van der Waals surface area contributed by atoms with Gasteiger partial charge in [0.15, 0.2) is 6.61 Å². The fourth-order valence-electron chi connectivity index (χ4n) is 4.44. The molecule has 0 N–H and O–H groups in total. The van der Waals surface area contributed by atoms with Crippen LogP contribution >= 0.6 is 0 Å². The van der Waals surface area contributed by atoms with Gasteiger partial charge in [0.05, 0.1) is 13.7 Å². The molecule has 1 atom stereocenters. The molecule has 2 amide bonds. The van der Waals surface area contributed by atoms with E-state index in [1.54, 1.807) is 12.0 Å². The monoisotopic (exact) mass is 461 g/mol. The molecule has 7 heteroatoms. The van der Waals surface area contributed by atoms with Crippen LogP contribution in [-0.4, -0.2) is 59.5 Å². The van der Waals surface area contributed by atoms with E-state index in [2.05, 4.69) is 4.57 Å². The Hall–Kier alpha value is -3.74. The summed E-state index contributed by atoms with van der Waals surface area (Å²) in [7, 11) is 1.64. The van der Waals surface area contributed by atoms with Gasteiger partial charge in [0.25, 0.3) is 5.91 Å². The van der Waals surface area contributed by atoms with Crippen LogP contribution in [0.3, 0.4) is 0 Å². The minimum absolute atomic E-state index is 0.0111. The second kappa shape index (κ2) is 10.9. The molecule has 0 fully saturated rings. The summed E-state index contributed by atoms with van der Waals surface area (Å²) in [6.07, 6.45) is 2.79. The van der Waals surface area contributed by atoms with Crippen LogP contribution in [0.5, 0.6) is 11.5 Å². The standard InChI is InChI=1S/C27H31N3O4/c1-3-15-29(26(32)20-34-21-10-5-4-6-11-21)19-25(31)30-18-17-28-16-9-13-23(28)27(30)22-12-7-8-14-24(22)33-2/h4-14,16,27H,3,15,17-20H2,1-2H3. The lowest BCUT2D eigenvalue weighted by Gasteiger charge is -2.38. The van der Waals surface area contributed by atoms with Crippen LogP contribution in [0.4, 0.5) is 0 Å². The zero-order chi connectivity index (χ0) is 23.9. The number of fused-ring (bicyclic) bond motifs is 1. The van der Waals surface area contributed by atoms with Gasteiger partial charge in [0, 0.05) is 37.1 Å². The molecule has 3 aromatic rings. The predicted octanol–water partition coefficient (Wildman–Crippen LogP) is 3.75. The van der Waals surface area contributed by atoms with E-state index in [1.807, 2.05) is 84.8 Å². The fraction of sp³-hybridized carbons (Fsp3) is 0.333. The summed E-state index contributed by atoms with van der Waals surface area (Å²) < 4.78 is 13.4. The lowest BCUT2D eigenvalue weighted by Crippen LogP contribution is -2.48. The van der Waals surface area contributed by atoms with Crippen LogP contribution in [0, 0.1) is 0 Å². The molecular weight excluding hydrogens is 430 g/mol. The zero-order valence-electron chi connectivity index (χ0n) is 19.7. The Kier molecular flexibility index (Phi) is 7.52. The van der Waals surface area contributed by atoms with Gasteiger partial charge in [0.2, 0.25) is 5.91 Å². The van der Waals surface area contributed by atoms with Gasteiger partial charge in [-0.1, -0.05) is 43.3 Å². The summed E-state index contributed by atoms with van der Waals surface area (Å²) in [6, 6.07) is 20.8. The van der Waals surface area contributed by atoms with Crippen LogP contribution < -0.4 is 9.47 Å². The number of aromatic nitrogens is 1. The highest BCUT2D eigenvalue weighted by molar-refractivity contribution is 5.86. The summed E-state index contributed by atoms with van der Waals surface area (Å²) in [4.78, 5) is 30.0. The van der Waals surface area contributed by atoms with E-state index < -0.39 is 0 Å². The van der Waals surface area contributed by atoms with Crippen molar-refractivity contribution in [1.82, 2.24) is 14.4 Å². The Labute approximate surface area is 200 Å². The van der Waals surface area contributed by atoms with E-state index in [9.17, 15) is 9.59 Å². The maximum Gasteiger partial charge on any atom is 0.260 e. The summed E-state index contributed by atoms with van der Waals surface area (Å²) in [5, 5.41) is 0. The van der Waals surface area contributed by atoms with Crippen molar-refractivity contribution < 1.29 is 19.1 Å². The van der Waals surface area contributed by atoms with Gasteiger partial charge < -0.3 is 23.8 Å². The van der Waals surface area contributed by atoms with Crippen LogP contribution in [0.1, 0.15) is 30.6 Å². The highest BCUT2D eigenvalue weighted by Gasteiger charge is 2.34. The molecule has 2 aromatic carbocycles. The molecule has 0 saturated carbocycles. The van der Waals surface area contributed by atoms with Crippen molar-refractivity contribution in [3.05, 3.63) is 84.2 Å².